The van der Waals surface area contributed by atoms with E-state index in [-0.39, 0.29) is 6.61 Å². The van der Waals surface area contributed by atoms with Crippen molar-refractivity contribution in [3.8, 4) is 0 Å². The molecule has 0 rings (SSSR count). The average molecular weight is 148 g/mol. The van der Waals surface area contributed by atoms with Crippen molar-refractivity contribution in [3.63, 3.8) is 0 Å². The van der Waals surface area contributed by atoms with E-state index in [0.717, 1.165) is 6.54 Å². The fraction of sp³-hybridized carbons (Fsp3) is 1.00. The molecule has 0 spiro atoms. The molecule has 62 valence electrons. The van der Waals surface area contributed by atoms with E-state index in [1.165, 1.54) is 0 Å². The van der Waals surface area contributed by atoms with Crippen molar-refractivity contribution in [2.45, 2.75) is 12.5 Å². The molecule has 0 saturated heterocycles. The van der Waals surface area contributed by atoms with Gasteiger partial charge >= 0.3 is 0 Å². The summed E-state index contributed by atoms with van der Waals surface area (Å²) in [6.45, 7) is 1.91. The summed E-state index contributed by atoms with van der Waals surface area (Å²) < 4.78 is 0. The van der Waals surface area contributed by atoms with Crippen LogP contribution in [0.2, 0.25) is 0 Å². The highest BCUT2D eigenvalue weighted by molar-refractivity contribution is 4.55. The van der Waals surface area contributed by atoms with Crippen molar-refractivity contribution >= 4 is 0 Å². The molecule has 0 amide bonds. The molecular weight excluding hydrogens is 132 g/mol. The lowest BCUT2D eigenvalue weighted by atomic mass is 10.3. The summed E-state index contributed by atoms with van der Waals surface area (Å²) in [7, 11) is 0. The zero-order valence-electron chi connectivity index (χ0n) is 6.08. The SMILES string of the molecule is NCCNCCC(O)CO. The molecule has 0 aliphatic rings. The van der Waals surface area contributed by atoms with Crippen LogP contribution in [0.3, 0.4) is 0 Å². The Labute approximate surface area is 61.0 Å². The van der Waals surface area contributed by atoms with Gasteiger partial charge in [-0.05, 0) is 13.0 Å². The van der Waals surface area contributed by atoms with E-state index in [4.69, 9.17) is 15.9 Å². The van der Waals surface area contributed by atoms with Crippen LogP contribution in [0.1, 0.15) is 6.42 Å². The van der Waals surface area contributed by atoms with Gasteiger partial charge in [0.1, 0.15) is 0 Å². The summed E-state index contributed by atoms with van der Waals surface area (Å²) in [6.07, 6.45) is -0.0125. The monoisotopic (exact) mass is 148 g/mol. The third-order valence-electron chi connectivity index (χ3n) is 1.19. The predicted molar refractivity (Wildman–Crippen MR) is 39.6 cm³/mol. The topological polar surface area (TPSA) is 78.5 Å². The predicted octanol–water partition coefficient (Wildman–Crippen LogP) is -1.72. The fourth-order valence-electron chi connectivity index (χ4n) is 0.587. The molecule has 0 radical (unpaired) electrons. The van der Waals surface area contributed by atoms with Crippen molar-refractivity contribution in [2.24, 2.45) is 5.73 Å². The first-order chi connectivity index (χ1) is 4.81. The molecule has 1 atom stereocenters. The van der Waals surface area contributed by atoms with Crippen molar-refractivity contribution in [3.05, 3.63) is 0 Å². The Morgan fingerprint density at radius 1 is 1.40 bits per heavy atom. The van der Waals surface area contributed by atoms with Crippen LogP contribution in [0.4, 0.5) is 0 Å². The first-order valence-corrected chi connectivity index (χ1v) is 3.51. The summed E-state index contributed by atoms with van der Waals surface area (Å²) in [5, 5.41) is 20.2. The van der Waals surface area contributed by atoms with Gasteiger partial charge in [0.05, 0.1) is 12.7 Å². The highest BCUT2D eigenvalue weighted by atomic mass is 16.3. The van der Waals surface area contributed by atoms with E-state index in [2.05, 4.69) is 5.32 Å². The van der Waals surface area contributed by atoms with Crippen LogP contribution in [0, 0.1) is 0 Å². The van der Waals surface area contributed by atoms with E-state index in [9.17, 15) is 0 Å². The van der Waals surface area contributed by atoms with E-state index in [1.807, 2.05) is 0 Å². The second-order valence-corrected chi connectivity index (χ2v) is 2.16. The maximum absolute atomic E-state index is 8.84. The Morgan fingerprint density at radius 2 is 2.10 bits per heavy atom. The second kappa shape index (κ2) is 6.95. The van der Waals surface area contributed by atoms with Gasteiger partial charge in [-0.25, -0.2) is 0 Å². The van der Waals surface area contributed by atoms with Crippen molar-refractivity contribution < 1.29 is 10.2 Å². The normalized spacial score (nSPS) is 13.5. The molecule has 5 N–H and O–H groups in total. The van der Waals surface area contributed by atoms with Crippen molar-refractivity contribution in [1.82, 2.24) is 5.32 Å². The van der Waals surface area contributed by atoms with Crippen LogP contribution in [-0.2, 0) is 0 Å². The van der Waals surface area contributed by atoms with Crippen LogP contribution in [0.5, 0.6) is 0 Å². The van der Waals surface area contributed by atoms with Gasteiger partial charge in [0.2, 0.25) is 0 Å². The van der Waals surface area contributed by atoms with Gasteiger partial charge in [0.25, 0.3) is 0 Å². The van der Waals surface area contributed by atoms with Crippen molar-refractivity contribution in [1.29, 1.82) is 0 Å². The molecule has 4 nitrogen and oxygen atoms in total. The molecule has 0 heterocycles. The summed E-state index contributed by atoms with van der Waals surface area (Å²) in [5.74, 6) is 0. The minimum atomic E-state index is -0.592. The van der Waals surface area contributed by atoms with Crippen LogP contribution in [-0.4, -0.2) is 42.6 Å². The Hall–Kier alpha value is -0.160. The molecule has 10 heavy (non-hydrogen) atoms. The lowest BCUT2D eigenvalue weighted by Crippen LogP contribution is -2.27. The third kappa shape index (κ3) is 5.97. The van der Waals surface area contributed by atoms with Gasteiger partial charge in [-0.3, -0.25) is 0 Å². The molecular formula is C6H16N2O2. The molecule has 0 aliphatic heterocycles. The molecule has 0 aromatic heterocycles. The van der Waals surface area contributed by atoms with E-state index < -0.39 is 6.10 Å². The standard InChI is InChI=1S/C6H16N2O2/c7-2-4-8-3-1-6(10)5-9/h6,8-10H,1-5,7H2. The van der Waals surface area contributed by atoms with Gasteiger partial charge in [-0.15, -0.1) is 0 Å². The maximum atomic E-state index is 8.84. The first kappa shape index (κ1) is 9.84. The van der Waals surface area contributed by atoms with Gasteiger partial charge < -0.3 is 21.3 Å². The number of aliphatic hydroxyl groups is 2. The number of aliphatic hydroxyl groups excluding tert-OH is 2. The van der Waals surface area contributed by atoms with E-state index >= 15 is 0 Å². The Bertz CT molecular complexity index is 70.8. The van der Waals surface area contributed by atoms with Crippen LogP contribution < -0.4 is 11.1 Å². The molecule has 0 aromatic rings. The zero-order valence-corrected chi connectivity index (χ0v) is 6.08. The molecule has 1 unspecified atom stereocenters. The lowest BCUT2D eigenvalue weighted by molar-refractivity contribution is 0.0884. The van der Waals surface area contributed by atoms with Gasteiger partial charge in [0, 0.05) is 13.1 Å². The third-order valence-corrected chi connectivity index (χ3v) is 1.19. The molecule has 0 aliphatic carbocycles. The first-order valence-electron chi connectivity index (χ1n) is 3.51. The summed E-state index contributed by atoms with van der Waals surface area (Å²) in [4.78, 5) is 0. The molecule has 0 aromatic carbocycles. The summed E-state index contributed by atoms with van der Waals surface area (Å²) in [6, 6.07) is 0. The van der Waals surface area contributed by atoms with Gasteiger partial charge in [-0.2, -0.15) is 0 Å². The fourth-order valence-corrected chi connectivity index (χ4v) is 0.587. The number of hydrogen-bond acceptors (Lipinski definition) is 4. The minimum absolute atomic E-state index is 0.162. The van der Waals surface area contributed by atoms with Crippen LogP contribution in [0.15, 0.2) is 0 Å². The number of rotatable bonds is 6. The maximum Gasteiger partial charge on any atom is 0.0783 e. The molecule has 0 saturated carbocycles. The van der Waals surface area contributed by atoms with E-state index in [1.54, 1.807) is 0 Å². The number of nitrogens with one attached hydrogen (secondary N) is 1. The number of hydrogen-bond donors (Lipinski definition) is 4. The van der Waals surface area contributed by atoms with E-state index in [0.29, 0.717) is 19.5 Å². The second-order valence-electron chi connectivity index (χ2n) is 2.16. The smallest absolute Gasteiger partial charge is 0.0783 e. The van der Waals surface area contributed by atoms with Crippen molar-refractivity contribution in [2.75, 3.05) is 26.2 Å². The Balaban J connectivity index is 2.89. The summed E-state index contributed by atoms with van der Waals surface area (Å²) in [5.41, 5.74) is 5.20. The summed E-state index contributed by atoms with van der Waals surface area (Å²) >= 11 is 0. The highest BCUT2D eigenvalue weighted by Crippen LogP contribution is 1.85. The Kier molecular flexibility index (Phi) is 6.84. The largest absolute Gasteiger partial charge is 0.394 e. The van der Waals surface area contributed by atoms with Gasteiger partial charge in [-0.1, -0.05) is 0 Å². The molecule has 4 heteroatoms. The Morgan fingerprint density at radius 3 is 2.60 bits per heavy atom. The lowest BCUT2D eigenvalue weighted by Gasteiger charge is -2.06. The average Bonchev–Trinajstić information content (AvgIpc) is 1.98. The zero-order chi connectivity index (χ0) is 7.82. The minimum Gasteiger partial charge on any atom is -0.394 e. The van der Waals surface area contributed by atoms with Crippen LogP contribution >= 0.6 is 0 Å². The quantitative estimate of drug-likeness (QED) is 0.338. The molecule has 0 bridgehead atoms. The molecule has 0 fully saturated rings. The van der Waals surface area contributed by atoms with Crippen LogP contribution in [0.25, 0.3) is 0 Å². The van der Waals surface area contributed by atoms with Gasteiger partial charge in [0.15, 0.2) is 0 Å². The number of nitrogens with two attached hydrogens (primary N) is 1. The highest BCUT2D eigenvalue weighted by Gasteiger charge is 1.98.